The molecular weight excluding hydrogens is 252 g/mol. The van der Waals surface area contributed by atoms with Crippen LogP contribution in [0, 0.1) is 0 Å². The van der Waals surface area contributed by atoms with Gasteiger partial charge in [0.2, 0.25) is 0 Å². The standard InChI is InChI=1S/C12H12N2O3S/c15-9-10-4-6-11(7-5-10)18(16,17)14-12-3-1-2-8-13-12/h1-8,15H,9H2,(H,13,14). The third-order valence-corrected chi connectivity index (χ3v) is 3.69. The van der Waals surface area contributed by atoms with Gasteiger partial charge < -0.3 is 5.11 Å². The molecule has 1 aromatic carbocycles. The Labute approximate surface area is 105 Å². The molecule has 5 nitrogen and oxygen atoms in total. The van der Waals surface area contributed by atoms with Crippen LogP contribution in [0.25, 0.3) is 0 Å². The molecule has 6 heteroatoms. The number of pyridine rings is 1. The molecule has 0 atom stereocenters. The van der Waals surface area contributed by atoms with Crippen LogP contribution < -0.4 is 4.72 Å². The SMILES string of the molecule is O=S(=O)(Nc1ccccn1)c1ccc(CO)cc1. The maximum atomic E-state index is 12.0. The second-order valence-corrected chi connectivity index (χ2v) is 5.30. The van der Waals surface area contributed by atoms with Gasteiger partial charge in [0.25, 0.3) is 10.0 Å². The molecule has 0 aliphatic heterocycles. The third-order valence-electron chi connectivity index (χ3n) is 2.32. The molecule has 2 aromatic rings. The summed E-state index contributed by atoms with van der Waals surface area (Å²) >= 11 is 0. The van der Waals surface area contributed by atoms with Crippen molar-refractivity contribution in [3.8, 4) is 0 Å². The van der Waals surface area contributed by atoms with Crippen LogP contribution >= 0.6 is 0 Å². The Balaban J connectivity index is 2.25. The zero-order chi connectivity index (χ0) is 13.0. The van der Waals surface area contributed by atoms with Crippen molar-refractivity contribution in [2.45, 2.75) is 11.5 Å². The first kappa shape index (κ1) is 12.5. The van der Waals surface area contributed by atoms with Gasteiger partial charge in [-0.3, -0.25) is 4.72 Å². The van der Waals surface area contributed by atoms with Gasteiger partial charge in [0.15, 0.2) is 0 Å². The number of benzene rings is 1. The molecule has 0 saturated carbocycles. The molecule has 94 valence electrons. The molecule has 0 spiro atoms. The number of aliphatic hydroxyl groups excluding tert-OH is 1. The van der Waals surface area contributed by atoms with Crippen LogP contribution in [0.2, 0.25) is 0 Å². The maximum absolute atomic E-state index is 12.0. The first-order valence-electron chi connectivity index (χ1n) is 5.25. The Morgan fingerprint density at radius 2 is 1.83 bits per heavy atom. The number of rotatable bonds is 4. The third kappa shape index (κ3) is 2.85. The molecule has 0 aliphatic carbocycles. The average molecular weight is 264 g/mol. The largest absolute Gasteiger partial charge is 0.392 e. The second kappa shape index (κ2) is 5.16. The number of anilines is 1. The number of nitrogens with zero attached hydrogens (tertiary/aromatic N) is 1. The zero-order valence-electron chi connectivity index (χ0n) is 9.45. The van der Waals surface area contributed by atoms with Gasteiger partial charge in [-0.05, 0) is 29.8 Å². The predicted molar refractivity (Wildman–Crippen MR) is 67.4 cm³/mol. The highest BCUT2D eigenvalue weighted by Gasteiger charge is 2.14. The predicted octanol–water partition coefficient (Wildman–Crippen LogP) is 1.37. The molecule has 0 fully saturated rings. The minimum Gasteiger partial charge on any atom is -0.392 e. The number of aliphatic hydroxyl groups is 1. The summed E-state index contributed by atoms with van der Waals surface area (Å²) in [6.45, 7) is -0.117. The van der Waals surface area contributed by atoms with Crippen LogP contribution in [0.4, 0.5) is 5.82 Å². The van der Waals surface area contributed by atoms with Crippen molar-refractivity contribution in [3.63, 3.8) is 0 Å². The van der Waals surface area contributed by atoms with Gasteiger partial charge >= 0.3 is 0 Å². The normalized spacial score (nSPS) is 11.2. The van der Waals surface area contributed by atoms with Crippen molar-refractivity contribution < 1.29 is 13.5 Å². The molecule has 1 heterocycles. The molecule has 2 N–H and O–H groups in total. The van der Waals surface area contributed by atoms with Crippen LogP contribution in [-0.2, 0) is 16.6 Å². The Hall–Kier alpha value is -1.92. The Kier molecular flexibility index (Phi) is 3.59. The van der Waals surface area contributed by atoms with E-state index >= 15 is 0 Å². The summed E-state index contributed by atoms with van der Waals surface area (Å²) in [6, 6.07) is 11.0. The molecule has 0 amide bonds. The van der Waals surface area contributed by atoms with E-state index in [1.165, 1.54) is 18.3 Å². The zero-order valence-corrected chi connectivity index (χ0v) is 10.3. The molecule has 0 radical (unpaired) electrons. The minimum absolute atomic E-state index is 0.117. The van der Waals surface area contributed by atoms with E-state index in [1.54, 1.807) is 30.3 Å². The van der Waals surface area contributed by atoms with Crippen LogP contribution in [0.3, 0.4) is 0 Å². The fourth-order valence-electron chi connectivity index (χ4n) is 1.39. The monoisotopic (exact) mass is 264 g/mol. The van der Waals surface area contributed by atoms with Crippen LogP contribution in [-0.4, -0.2) is 18.5 Å². The van der Waals surface area contributed by atoms with E-state index in [2.05, 4.69) is 9.71 Å². The molecule has 2 rings (SSSR count). The van der Waals surface area contributed by atoms with Gasteiger partial charge in [-0.25, -0.2) is 13.4 Å². The van der Waals surface area contributed by atoms with Crippen molar-refractivity contribution in [1.29, 1.82) is 0 Å². The number of hydrogen-bond acceptors (Lipinski definition) is 4. The molecular formula is C12H12N2O3S. The summed E-state index contributed by atoms with van der Waals surface area (Å²) in [5.41, 5.74) is 0.659. The fraction of sp³-hybridized carbons (Fsp3) is 0.0833. The lowest BCUT2D eigenvalue weighted by atomic mass is 10.2. The van der Waals surface area contributed by atoms with Crippen molar-refractivity contribution in [2.24, 2.45) is 0 Å². The molecule has 18 heavy (non-hydrogen) atoms. The quantitative estimate of drug-likeness (QED) is 0.874. The van der Waals surface area contributed by atoms with E-state index in [9.17, 15) is 8.42 Å². The molecule has 1 aromatic heterocycles. The van der Waals surface area contributed by atoms with Gasteiger partial charge in [0.1, 0.15) is 5.82 Å². The lowest BCUT2D eigenvalue weighted by Gasteiger charge is -2.07. The van der Waals surface area contributed by atoms with Crippen LogP contribution in [0.5, 0.6) is 0 Å². The summed E-state index contributed by atoms with van der Waals surface area (Å²) in [6.07, 6.45) is 1.51. The fourth-order valence-corrected chi connectivity index (χ4v) is 2.40. The van der Waals surface area contributed by atoms with E-state index in [0.717, 1.165) is 0 Å². The second-order valence-electron chi connectivity index (χ2n) is 3.62. The summed E-state index contributed by atoms with van der Waals surface area (Å²) in [4.78, 5) is 4.02. The molecule has 0 saturated heterocycles. The number of hydrogen-bond donors (Lipinski definition) is 2. The maximum Gasteiger partial charge on any atom is 0.263 e. The Morgan fingerprint density at radius 1 is 1.11 bits per heavy atom. The first-order valence-corrected chi connectivity index (χ1v) is 6.74. The van der Waals surface area contributed by atoms with E-state index in [0.29, 0.717) is 5.56 Å². The summed E-state index contributed by atoms with van der Waals surface area (Å²) in [7, 11) is -3.63. The summed E-state index contributed by atoms with van der Waals surface area (Å²) < 4.78 is 26.3. The molecule has 0 unspecified atom stereocenters. The number of nitrogens with one attached hydrogen (secondary N) is 1. The van der Waals surface area contributed by atoms with Gasteiger partial charge in [0.05, 0.1) is 11.5 Å². The van der Waals surface area contributed by atoms with Crippen molar-refractivity contribution >= 4 is 15.8 Å². The minimum atomic E-state index is -3.63. The van der Waals surface area contributed by atoms with Gasteiger partial charge in [0, 0.05) is 6.20 Å². The van der Waals surface area contributed by atoms with Crippen LogP contribution in [0.1, 0.15) is 5.56 Å². The summed E-state index contributed by atoms with van der Waals surface area (Å²) in [5.74, 6) is 0.267. The lowest BCUT2D eigenvalue weighted by Crippen LogP contribution is -2.13. The van der Waals surface area contributed by atoms with Gasteiger partial charge in [-0.2, -0.15) is 0 Å². The number of aromatic nitrogens is 1. The highest BCUT2D eigenvalue weighted by Crippen LogP contribution is 2.14. The smallest absolute Gasteiger partial charge is 0.263 e. The Morgan fingerprint density at radius 3 is 2.39 bits per heavy atom. The van der Waals surface area contributed by atoms with Crippen LogP contribution in [0.15, 0.2) is 53.6 Å². The van der Waals surface area contributed by atoms with E-state index in [1.807, 2.05) is 0 Å². The van der Waals surface area contributed by atoms with Gasteiger partial charge in [-0.15, -0.1) is 0 Å². The average Bonchev–Trinajstić information content (AvgIpc) is 2.39. The molecule has 0 aliphatic rings. The highest BCUT2D eigenvalue weighted by molar-refractivity contribution is 7.92. The summed E-state index contributed by atoms with van der Waals surface area (Å²) in [5, 5.41) is 8.89. The van der Waals surface area contributed by atoms with Crippen molar-refractivity contribution in [2.75, 3.05) is 4.72 Å². The van der Waals surface area contributed by atoms with E-state index < -0.39 is 10.0 Å². The Bertz CT molecular complexity index is 610. The first-order chi connectivity index (χ1) is 8.62. The topological polar surface area (TPSA) is 79.3 Å². The van der Waals surface area contributed by atoms with E-state index in [-0.39, 0.29) is 17.3 Å². The van der Waals surface area contributed by atoms with Gasteiger partial charge in [-0.1, -0.05) is 18.2 Å². The number of sulfonamides is 1. The van der Waals surface area contributed by atoms with Crippen molar-refractivity contribution in [1.82, 2.24) is 4.98 Å². The van der Waals surface area contributed by atoms with E-state index in [4.69, 9.17) is 5.11 Å². The van der Waals surface area contributed by atoms with Crippen molar-refractivity contribution in [3.05, 3.63) is 54.2 Å². The molecule has 0 bridgehead atoms. The lowest BCUT2D eigenvalue weighted by molar-refractivity contribution is 0.282. The highest BCUT2D eigenvalue weighted by atomic mass is 32.2.